The lowest BCUT2D eigenvalue weighted by molar-refractivity contribution is 0.397. The summed E-state index contributed by atoms with van der Waals surface area (Å²) in [7, 11) is 4.09. The minimum absolute atomic E-state index is 0.918. The summed E-state index contributed by atoms with van der Waals surface area (Å²) in [6, 6.07) is 4.12. The fourth-order valence-electron chi connectivity index (χ4n) is 1.01. The van der Waals surface area contributed by atoms with Crippen molar-refractivity contribution in [3.63, 3.8) is 0 Å². The van der Waals surface area contributed by atoms with Crippen LogP contribution in [-0.4, -0.2) is 24.0 Å². The minimum atomic E-state index is 0.918. The average Bonchev–Trinajstić information content (AvgIpc) is 2.18. The summed E-state index contributed by atoms with van der Waals surface area (Å²) in [5, 5.41) is 0. The van der Waals surface area contributed by atoms with Crippen molar-refractivity contribution in [2.75, 3.05) is 14.1 Å². The monoisotopic (exact) mass is 236 g/mol. The molecule has 0 radical (unpaired) electrons. The molecule has 2 nitrogen and oxygen atoms in total. The van der Waals surface area contributed by atoms with E-state index < -0.39 is 0 Å². The molecule has 1 aromatic heterocycles. The molecule has 0 spiro atoms. The average molecular weight is 236 g/mol. The summed E-state index contributed by atoms with van der Waals surface area (Å²) < 4.78 is 0. The van der Waals surface area contributed by atoms with Gasteiger partial charge in [0.25, 0.3) is 0 Å². The number of pyridine rings is 1. The second-order valence-corrected chi connectivity index (χ2v) is 4.27. The first kappa shape index (κ1) is 18.2. The quantitative estimate of drug-likeness (QED) is 0.720. The zero-order valence-corrected chi connectivity index (χ0v) is 12.5. The molecule has 1 rings (SSSR count). The Morgan fingerprint density at radius 1 is 1.29 bits per heavy atom. The molecular formula is C15H28N2. The Morgan fingerprint density at radius 2 is 1.76 bits per heavy atom. The summed E-state index contributed by atoms with van der Waals surface area (Å²) in [4.78, 5) is 6.35. The van der Waals surface area contributed by atoms with E-state index in [4.69, 9.17) is 0 Å². The van der Waals surface area contributed by atoms with Gasteiger partial charge in [-0.15, -0.1) is 6.58 Å². The minimum Gasteiger partial charge on any atom is -0.304 e. The molecule has 2 heteroatoms. The normalized spacial score (nSPS) is 8.71. The van der Waals surface area contributed by atoms with Crippen molar-refractivity contribution >= 4 is 0 Å². The van der Waals surface area contributed by atoms with Gasteiger partial charge < -0.3 is 4.90 Å². The van der Waals surface area contributed by atoms with Gasteiger partial charge in [-0.3, -0.25) is 4.98 Å². The largest absolute Gasteiger partial charge is 0.304 e. The SMILES string of the molecule is C=C(C)C.CC.Cc1ccnc(CN(C)C)c1. The first-order valence-electron chi connectivity index (χ1n) is 6.10. The molecule has 0 saturated carbocycles. The molecule has 1 aromatic rings. The first-order chi connectivity index (χ1) is 7.91. The van der Waals surface area contributed by atoms with Crippen LogP contribution in [0.15, 0.2) is 30.5 Å². The molecule has 0 aliphatic heterocycles. The van der Waals surface area contributed by atoms with Crippen molar-refractivity contribution in [2.45, 2.75) is 41.2 Å². The van der Waals surface area contributed by atoms with Crippen LogP contribution < -0.4 is 0 Å². The Kier molecular flexibility index (Phi) is 12.2. The van der Waals surface area contributed by atoms with Gasteiger partial charge in [-0.25, -0.2) is 0 Å². The van der Waals surface area contributed by atoms with Gasteiger partial charge in [0.05, 0.1) is 5.69 Å². The van der Waals surface area contributed by atoms with Crippen LogP contribution in [0.25, 0.3) is 0 Å². The van der Waals surface area contributed by atoms with E-state index in [1.54, 1.807) is 0 Å². The Labute approximate surface area is 107 Å². The van der Waals surface area contributed by atoms with Crippen LogP contribution in [0.3, 0.4) is 0 Å². The number of allylic oxidation sites excluding steroid dienone is 1. The highest BCUT2D eigenvalue weighted by molar-refractivity contribution is 5.14. The molecule has 0 amide bonds. The number of rotatable bonds is 2. The third kappa shape index (κ3) is 14.8. The first-order valence-corrected chi connectivity index (χ1v) is 6.10. The van der Waals surface area contributed by atoms with Gasteiger partial charge in [0.15, 0.2) is 0 Å². The van der Waals surface area contributed by atoms with Crippen molar-refractivity contribution in [3.8, 4) is 0 Å². The van der Waals surface area contributed by atoms with E-state index in [0.29, 0.717) is 0 Å². The second kappa shape index (κ2) is 11.3. The highest BCUT2D eigenvalue weighted by Gasteiger charge is 1.95. The van der Waals surface area contributed by atoms with Crippen LogP contribution >= 0.6 is 0 Å². The van der Waals surface area contributed by atoms with E-state index in [2.05, 4.69) is 29.5 Å². The highest BCUT2D eigenvalue weighted by Crippen LogP contribution is 2.01. The molecule has 0 N–H and O–H groups in total. The number of nitrogens with zero attached hydrogens (tertiary/aromatic N) is 2. The van der Waals surface area contributed by atoms with Crippen LogP contribution in [0.2, 0.25) is 0 Å². The molecule has 0 aliphatic carbocycles. The van der Waals surface area contributed by atoms with Gasteiger partial charge in [0, 0.05) is 12.7 Å². The molecule has 0 saturated heterocycles. The third-order valence-electron chi connectivity index (χ3n) is 1.45. The number of aromatic nitrogens is 1. The van der Waals surface area contributed by atoms with Crippen LogP contribution in [-0.2, 0) is 6.54 Å². The summed E-state index contributed by atoms with van der Waals surface area (Å²) in [6.45, 7) is 14.5. The zero-order chi connectivity index (χ0) is 13.8. The topological polar surface area (TPSA) is 16.1 Å². The molecule has 98 valence electrons. The fraction of sp³-hybridized carbons (Fsp3) is 0.533. The van der Waals surface area contributed by atoms with Gasteiger partial charge in [-0.2, -0.15) is 0 Å². The maximum absolute atomic E-state index is 4.24. The Morgan fingerprint density at radius 3 is 2.12 bits per heavy atom. The van der Waals surface area contributed by atoms with Crippen LogP contribution in [0.1, 0.15) is 39.0 Å². The molecule has 0 atom stereocenters. The molecule has 17 heavy (non-hydrogen) atoms. The van der Waals surface area contributed by atoms with Gasteiger partial charge in [-0.1, -0.05) is 19.4 Å². The lowest BCUT2D eigenvalue weighted by Crippen LogP contribution is -2.11. The summed E-state index contributed by atoms with van der Waals surface area (Å²) >= 11 is 0. The smallest absolute Gasteiger partial charge is 0.0546 e. The predicted molar refractivity (Wildman–Crippen MR) is 78.2 cm³/mol. The van der Waals surface area contributed by atoms with E-state index in [1.165, 1.54) is 11.1 Å². The molecule has 0 bridgehead atoms. The van der Waals surface area contributed by atoms with E-state index in [-0.39, 0.29) is 0 Å². The van der Waals surface area contributed by atoms with Crippen LogP contribution in [0.4, 0.5) is 0 Å². The Bertz CT molecular complexity index is 300. The van der Waals surface area contributed by atoms with Gasteiger partial charge in [0.2, 0.25) is 0 Å². The lowest BCUT2D eigenvalue weighted by atomic mass is 10.2. The molecule has 0 fully saturated rings. The van der Waals surface area contributed by atoms with Gasteiger partial charge in [0.1, 0.15) is 0 Å². The number of aryl methyl sites for hydroxylation is 1. The Hall–Kier alpha value is -1.15. The van der Waals surface area contributed by atoms with Crippen molar-refractivity contribution in [3.05, 3.63) is 41.7 Å². The van der Waals surface area contributed by atoms with Crippen LogP contribution in [0, 0.1) is 6.92 Å². The standard InChI is InChI=1S/C9H14N2.C4H8.C2H6/c1-8-4-5-10-9(6-8)7-11(2)3;1-4(2)3;1-2/h4-6H,7H2,1-3H3;1H2,2-3H3;1-2H3. The van der Waals surface area contributed by atoms with Gasteiger partial charge >= 0.3 is 0 Å². The predicted octanol–water partition coefficient (Wildman–Crippen LogP) is 4.06. The maximum atomic E-state index is 4.24. The fourth-order valence-corrected chi connectivity index (χ4v) is 1.01. The number of hydrogen-bond acceptors (Lipinski definition) is 2. The van der Waals surface area contributed by atoms with Crippen molar-refractivity contribution in [2.24, 2.45) is 0 Å². The van der Waals surface area contributed by atoms with E-state index in [0.717, 1.165) is 12.2 Å². The molecular weight excluding hydrogens is 208 g/mol. The van der Waals surface area contributed by atoms with Crippen molar-refractivity contribution in [1.29, 1.82) is 0 Å². The summed E-state index contributed by atoms with van der Waals surface area (Å²) in [5.74, 6) is 0. The lowest BCUT2D eigenvalue weighted by Gasteiger charge is -2.08. The zero-order valence-electron chi connectivity index (χ0n) is 12.5. The van der Waals surface area contributed by atoms with E-state index in [1.807, 2.05) is 54.1 Å². The highest BCUT2D eigenvalue weighted by atomic mass is 15.1. The molecule has 0 aliphatic rings. The van der Waals surface area contributed by atoms with Crippen molar-refractivity contribution in [1.82, 2.24) is 9.88 Å². The Balaban J connectivity index is 0. The molecule has 1 heterocycles. The second-order valence-electron chi connectivity index (χ2n) is 4.27. The third-order valence-corrected chi connectivity index (χ3v) is 1.45. The van der Waals surface area contributed by atoms with Crippen molar-refractivity contribution < 1.29 is 0 Å². The summed E-state index contributed by atoms with van der Waals surface area (Å²) in [5.41, 5.74) is 3.58. The molecule has 0 unspecified atom stereocenters. The van der Waals surface area contributed by atoms with E-state index >= 15 is 0 Å². The van der Waals surface area contributed by atoms with E-state index in [9.17, 15) is 0 Å². The molecule has 0 aromatic carbocycles. The van der Waals surface area contributed by atoms with Crippen LogP contribution in [0.5, 0.6) is 0 Å². The summed E-state index contributed by atoms with van der Waals surface area (Å²) in [6.07, 6.45) is 1.86. The maximum Gasteiger partial charge on any atom is 0.0546 e. The van der Waals surface area contributed by atoms with Gasteiger partial charge in [-0.05, 0) is 52.6 Å². The number of hydrogen-bond donors (Lipinski definition) is 0.